The number of amides is 1. The second-order valence-electron chi connectivity index (χ2n) is 4.57. The van der Waals surface area contributed by atoms with Crippen molar-refractivity contribution in [2.45, 2.75) is 18.9 Å². The number of carbonyl (C=O) groups excluding carboxylic acids is 1. The second kappa shape index (κ2) is 5.83. The molecule has 2 heterocycles. The molecule has 2 rings (SSSR count). The van der Waals surface area contributed by atoms with Gasteiger partial charge in [0.2, 0.25) is 0 Å². The Bertz CT molecular complexity index is 534. The number of carbonyl (C=O) groups is 1. The Morgan fingerprint density at radius 3 is 3.05 bits per heavy atom. The Morgan fingerprint density at radius 2 is 2.45 bits per heavy atom. The first-order valence-electron chi connectivity index (χ1n) is 6.32. The average Bonchev–Trinajstić information content (AvgIpc) is 2.94. The van der Waals surface area contributed by atoms with E-state index in [-0.39, 0.29) is 29.8 Å². The fourth-order valence-corrected chi connectivity index (χ4v) is 2.36. The van der Waals surface area contributed by atoms with Gasteiger partial charge in [-0.15, -0.1) is 0 Å². The van der Waals surface area contributed by atoms with Crippen LogP contribution in [0.1, 0.15) is 23.2 Å². The summed E-state index contributed by atoms with van der Waals surface area (Å²) in [7, 11) is 1.60. The van der Waals surface area contributed by atoms with E-state index in [9.17, 15) is 20.0 Å². The highest BCUT2D eigenvalue weighted by atomic mass is 16.6. The molecule has 0 saturated carbocycles. The van der Waals surface area contributed by atoms with Gasteiger partial charge in [0.15, 0.2) is 0 Å². The summed E-state index contributed by atoms with van der Waals surface area (Å²) in [6, 6.07) is 0.986. The first-order valence-corrected chi connectivity index (χ1v) is 6.32. The molecule has 0 aliphatic carbocycles. The van der Waals surface area contributed by atoms with Crippen molar-refractivity contribution in [3.63, 3.8) is 0 Å². The number of nitrogens with one attached hydrogen (secondary N) is 1. The van der Waals surface area contributed by atoms with Crippen LogP contribution < -0.4 is 5.32 Å². The first kappa shape index (κ1) is 14.2. The van der Waals surface area contributed by atoms with E-state index in [4.69, 9.17) is 0 Å². The minimum Gasteiger partial charge on any atom is -0.394 e. The van der Waals surface area contributed by atoms with Gasteiger partial charge in [-0.2, -0.15) is 0 Å². The molecule has 1 aliphatic heterocycles. The van der Waals surface area contributed by atoms with E-state index in [0.29, 0.717) is 12.4 Å². The molecular formula is C12H16N4O4. The van der Waals surface area contributed by atoms with Gasteiger partial charge < -0.3 is 15.3 Å². The number of aliphatic hydroxyl groups is 1. The Labute approximate surface area is 115 Å². The smallest absolute Gasteiger partial charge is 0.288 e. The summed E-state index contributed by atoms with van der Waals surface area (Å²) >= 11 is 0. The molecule has 1 amide bonds. The van der Waals surface area contributed by atoms with Gasteiger partial charge in [-0.1, -0.05) is 0 Å². The van der Waals surface area contributed by atoms with Gasteiger partial charge in [0.1, 0.15) is 12.0 Å². The maximum absolute atomic E-state index is 12.5. The van der Waals surface area contributed by atoms with Crippen LogP contribution in [0.25, 0.3) is 0 Å². The van der Waals surface area contributed by atoms with Gasteiger partial charge >= 0.3 is 0 Å². The van der Waals surface area contributed by atoms with Crippen molar-refractivity contribution in [3.05, 3.63) is 27.9 Å². The molecule has 1 atom stereocenters. The lowest BCUT2D eigenvalue weighted by molar-refractivity contribution is -0.385. The Balaban J connectivity index is 2.37. The number of hydrogen-bond acceptors (Lipinski definition) is 6. The molecule has 0 aromatic carbocycles. The van der Waals surface area contributed by atoms with Gasteiger partial charge in [0.25, 0.3) is 11.6 Å². The lowest BCUT2D eigenvalue weighted by Crippen LogP contribution is -2.38. The molecule has 1 fully saturated rings. The maximum atomic E-state index is 12.5. The minimum absolute atomic E-state index is 0.108. The van der Waals surface area contributed by atoms with Crippen molar-refractivity contribution in [2.75, 3.05) is 25.5 Å². The lowest BCUT2D eigenvalue weighted by Gasteiger charge is -2.23. The topological polar surface area (TPSA) is 109 Å². The van der Waals surface area contributed by atoms with Crippen molar-refractivity contribution in [2.24, 2.45) is 0 Å². The first-order chi connectivity index (χ1) is 9.58. The van der Waals surface area contributed by atoms with Gasteiger partial charge in [-0.25, -0.2) is 4.98 Å². The van der Waals surface area contributed by atoms with Crippen molar-refractivity contribution in [1.82, 2.24) is 9.88 Å². The van der Waals surface area contributed by atoms with Crippen molar-refractivity contribution in [3.8, 4) is 0 Å². The summed E-state index contributed by atoms with van der Waals surface area (Å²) in [6.45, 7) is 0.429. The molecule has 1 aromatic heterocycles. The third kappa shape index (κ3) is 2.55. The summed E-state index contributed by atoms with van der Waals surface area (Å²) in [6.07, 6.45) is 2.66. The molecular weight excluding hydrogens is 264 g/mol. The number of aliphatic hydroxyl groups excluding tert-OH is 1. The molecule has 20 heavy (non-hydrogen) atoms. The summed E-state index contributed by atoms with van der Waals surface area (Å²) in [5, 5.41) is 22.8. The largest absolute Gasteiger partial charge is 0.394 e. The van der Waals surface area contributed by atoms with E-state index in [0.717, 1.165) is 19.0 Å². The quantitative estimate of drug-likeness (QED) is 0.618. The second-order valence-corrected chi connectivity index (χ2v) is 4.57. The standard InChI is InChI=1S/C12H16N4O4/c1-13-11-10(5-9(6-14-11)16(19)20)12(18)15-4-2-3-8(15)7-17/h5-6,8,17H,2-4,7H2,1H3,(H,13,14). The number of hydrogen-bond donors (Lipinski definition) is 2. The van der Waals surface area contributed by atoms with Gasteiger partial charge in [0.05, 0.1) is 23.1 Å². The van der Waals surface area contributed by atoms with Crippen molar-refractivity contribution in [1.29, 1.82) is 0 Å². The van der Waals surface area contributed by atoms with Crippen LogP contribution in [-0.2, 0) is 0 Å². The molecule has 1 unspecified atom stereocenters. The average molecular weight is 280 g/mol. The van der Waals surface area contributed by atoms with Crippen LogP contribution in [0.3, 0.4) is 0 Å². The Hall–Kier alpha value is -2.22. The number of nitro groups is 1. The van der Waals surface area contributed by atoms with Gasteiger partial charge in [-0.05, 0) is 12.8 Å². The highest BCUT2D eigenvalue weighted by Gasteiger charge is 2.31. The van der Waals surface area contributed by atoms with Crippen LogP contribution in [0.4, 0.5) is 11.5 Å². The van der Waals surface area contributed by atoms with Crippen LogP contribution in [-0.4, -0.2) is 52.1 Å². The Kier molecular flexibility index (Phi) is 4.14. The predicted molar refractivity (Wildman–Crippen MR) is 71.6 cm³/mol. The summed E-state index contributed by atoms with van der Waals surface area (Å²) < 4.78 is 0. The molecule has 1 aromatic rings. The summed E-state index contributed by atoms with van der Waals surface area (Å²) in [5.41, 5.74) is -0.0749. The number of pyridine rings is 1. The molecule has 8 heteroatoms. The molecule has 108 valence electrons. The van der Waals surface area contributed by atoms with E-state index in [1.54, 1.807) is 11.9 Å². The summed E-state index contributed by atoms with van der Waals surface area (Å²) in [5.74, 6) is -0.0497. The van der Waals surface area contributed by atoms with Crippen LogP contribution in [0.15, 0.2) is 12.3 Å². The number of likely N-dealkylation sites (tertiary alicyclic amines) is 1. The van der Waals surface area contributed by atoms with E-state index in [2.05, 4.69) is 10.3 Å². The highest BCUT2D eigenvalue weighted by molar-refractivity contribution is 5.99. The molecule has 1 saturated heterocycles. The molecule has 1 aliphatic rings. The number of rotatable bonds is 4. The van der Waals surface area contributed by atoms with E-state index >= 15 is 0 Å². The monoisotopic (exact) mass is 280 g/mol. The zero-order chi connectivity index (χ0) is 14.7. The zero-order valence-corrected chi connectivity index (χ0v) is 11.1. The summed E-state index contributed by atoms with van der Waals surface area (Å²) in [4.78, 5) is 28.1. The SMILES string of the molecule is CNc1ncc([N+](=O)[O-])cc1C(=O)N1CCCC1CO. The molecule has 0 bridgehead atoms. The molecule has 0 radical (unpaired) electrons. The lowest BCUT2D eigenvalue weighted by atomic mass is 10.2. The number of nitrogens with zero attached hydrogens (tertiary/aromatic N) is 3. The minimum atomic E-state index is -0.587. The van der Waals surface area contributed by atoms with Gasteiger partial charge in [0, 0.05) is 19.7 Å². The van der Waals surface area contributed by atoms with Crippen LogP contribution in [0.2, 0.25) is 0 Å². The third-order valence-corrected chi connectivity index (χ3v) is 3.40. The van der Waals surface area contributed by atoms with Crippen LogP contribution in [0.5, 0.6) is 0 Å². The van der Waals surface area contributed by atoms with Crippen LogP contribution >= 0.6 is 0 Å². The van der Waals surface area contributed by atoms with Crippen molar-refractivity contribution < 1.29 is 14.8 Å². The van der Waals surface area contributed by atoms with E-state index in [1.807, 2.05) is 0 Å². The van der Waals surface area contributed by atoms with Crippen LogP contribution in [0, 0.1) is 10.1 Å². The fraction of sp³-hybridized carbons (Fsp3) is 0.500. The zero-order valence-electron chi connectivity index (χ0n) is 11.1. The number of anilines is 1. The fourth-order valence-electron chi connectivity index (χ4n) is 2.36. The highest BCUT2D eigenvalue weighted by Crippen LogP contribution is 2.25. The molecule has 2 N–H and O–H groups in total. The molecule has 8 nitrogen and oxygen atoms in total. The van der Waals surface area contributed by atoms with Crippen molar-refractivity contribution >= 4 is 17.4 Å². The third-order valence-electron chi connectivity index (χ3n) is 3.40. The maximum Gasteiger partial charge on any atom is 0.288 e. The van der Waals surface area contributed by atoms with E-state index < -0.39 is 4.92 Å². The normalized spacial score (nSPS) is 18.1. The van der Waals surface area contributed by atoms with Gasteiger partial charge in [-0.3, -0.25) is 14.9 Å². The van der Waals surface area contributed by atoms with E-state index in [1.165, 1.54) is 6.07 Å². The number of aromatic nitrogens is 1. The predicted octanol–water partition coefficient (Wildman–Crippen LogP) is 0.628. The Morgan fingerprint density at radius 1 is 1.70 bits per heavy atom. The molecule has 0 spiro atoms.